The lowest BCUT2D eigenvalue weighted by Crippen LogP contribution is -2.48. The molecular weight excluding hydrogens is 350 g/mol. The van der Waals surface area contributed by atoms with E-state index in [4.69, 9.17) is 0 Å². The SMILES string of the molecule is CC(C)n1cnc(S(=O)(=O)N2CCNCC2c2cccnc2)c1.Cl. The quantitative estimate of drug-likeness (QED) is 0.883. The van der Waals surface area contributed by atoms with Crippen LogP contribution >= 0.6 is 12.4 Å². The molecule has 2 aromatic heterocycles. The summed E-state index contributed by atoms with van der Waals surface area (Å²) in [4.78, 5) is 8.22. The van der Waals surface area contributed by atoms with Crippen LogP contribution in [-0.4, -0.2) is 46.9 Å². The summed E-state index contributed by atoms with van der Waals surface area (Å²) in [5.41, 5.74) is 0.881. The Kier molecular flexibility index (Phi) is 5.97. The number of pyridine rings is 1. The Morgan fingerprint density at radius 3 is 2.79 bits per heavy atom. The molecule has 0 amide bonds. The molecule has 24 heavy (non-hydrogen) atoms. The first-order valence-electron chi connectivity index (χ1n) is 7.66. The fourth-order valence-corrected chi connectivity index (χ4v) is 4.22. The van der Waals surface area contributed by atoms with Crippen LogP contribution in [-0.2, 0) is 10.0 Å². The van der Waals surface area contributed by atoms with Crippen molar-refractivity contribution in [1.82, 2.24) is 24.2 Å². The van der Waals surface area contributed by atoms with Gasteiger partial charge in [0.1, 0.15) is 0 Å². The van der Waals surface area contributed by atoms with Crippen LogP contribution in [0.5, 0.6) is 0 Å². The molecule has 1 unspecified atom stereocenters. The second-order valence-corrected chi connectivity index (χ2v) is 7.71. The minimum atomic E-state index is -3.64. The molecule has 132 valence electrons. The van der Waals surface area contributed by atoms with Crippen LogP contribution in [0, 0.1) is 0 Å². The fraction of sp³-hybridized carbons (Fsp3) is 0.467. The smallest absolute Gasteiger partial charge is 0.262 e. The van der Waals surface area contributed by atoms with E-state index in [9.17, 15) is 8.42 Å². The highest BCUT2D eigenvalue weighted by molar-refractivity contribution is 7.89. The second-order valence-electron chi connectivity index (χ2n) is 5.87. The summed E-state index contributed by atoms with van der Waals surface area (Å²) >= 11 is 0. The van der Waals surface area contributed by atoms with Crippen molar-refractivity contribution < 1.29 is 8.42 Å². The zero-order valence-electron chi connectivity index (χ0n) is 13.7. The van der Waals surface area contributed by atoms with Crippen LogP contribution in [0.3, 0.4) is 0 Å². The average molecular weight is 372 g/mol. The fourth-order valence-electron chi connectivity index (χ4n) is 2.68. The lowest BCUT2D eigenvalue weighted by Gasteiger charge is -2.34. The lowest BCUT2D eigenvalue weighted by atomic mass is 10.1. The molecule has 1 aliphatic rings. The number of piperazine rings is 1. The molecule has 1 fully saturated rings. The van der Waals surface area contributed by atoms with Crippen LogP contribution in [0.15, 0.2) is 42.1 Å². The largest absolute Gasteiger partial charge is 0.334 e. The molecule has 1 N–H and O–H groups in total. The summed E-state index contributed by atoms with van der Waals surface area (Å²) in [5.74, 6) is 0. The number of aromatic nitrogens is 3. The number of hydrogen-bond donors (Lipinski definition) is 1. The van der Waals surface area contributed by atoms with Crippen molar-refractivity contribution in [1.29, 1.82) is 0 Å². The third kappa shape index (κ3) is 3.61. The first-order chi connectivity index (χ1) is 11.0. The maximum absolute atomic E-state index is 13.0. The summed E-state index contributed by atoms with van der Waals surface area (Å²) < 4.78 is 29.3. The highest BCUT2D eigenvalue weighted by atomic mass is 35.5. The predicted octanol–water partition coefficient (Wildman–Crippen LogP) is 1.62. The van der Waals surface area contributed by atoms with E-state index in [1.54, 1.807) is 29.5 Å². The standard InChI is InChI=1S/C15H21N5O2S.ClH/c1-12(2)19-10-15(18-11-19)23(21,22)20-7-6-17-9-14(20)13-4-3-5-16-8-13;/h3-5,8,10-12,14,17H,6-7,9H2,1-2H3;1H. The maximum atomic E-state index is 13.0. The number of nitrogens with zero attached hydrogens (tertiary/aromatic N) is 4. The van der Waals surface area contributed by atoms with Gasteiger partial charge in [0.05, 0.1) is 12.4 Å². The molecule has 0 bridgehead atoms. The molecule has 0 saturated carbocycles. The molecule has 0 aromatic carbocycles. The average Bonchev–Trinajstić information content (AvgIpc) is 3.07. The number of halogens is 1. The number of nitrogens with one attached hydrogen (secondary N) is 1. The summed E-state index contributed by atoms with van der Waals surface area (Å²) in [6.07, 6.45) is 6.57. The van der Waals surface area contributed by atoms with E-state index in [-0.39, 0.29) is 29.5 Å². The Bertz CT molecular complexity index is 763. The summed E-state index contributed by atoms with van der Waals surface area (Å²) in [6.45, 7) is 5.58. The van der Waals surface area contributed by atoms with E-state index in [0.29, 0.717) is 19.6 Å². The molecule has 1 saturated heterocycles. The lowest BCUT2D eigenvalue weighted by molar-refractivity contribution is 0.270. The highest BCUT2D eigenvalue weighted by Gasteiger charge is 2.35. The number of rotatable bonds is 4. The highest BCUT2D eigenvalue weighted by Crippen LogP contribution is 2.28. The number of imidazole rings is 1. The van der Waals surface area contributed by atoms with E-state index >= 15 is 0 Å². The van der Waals surface area contributed by atoms with E-state index in [1.165, 1.54) is 4.31 Å². The minimum absolute atomic E-state index is 0. The molecule has 9 heteroatoms. The van der Waals surface area contributed by atoms with Crippen molar-refractivity contribution >= 4 is 22.4 Å². The van der Waals surface area contributed by atoms with Gasteiger partial charge in [-0.25, -0.2) is 13.4 Å². The van der Waals surface area contributed by atoms with Crippen molar-refractivity contribution in [2.24, 2.45) is 0 Å². The van der Waals surface area contributed by atoms with Gasteiger partial charge in [0.2, 0.25) is 0 Å². The topological polar surface area (TPSA) is 80.1 Å². The van der Waals surface area contributed by atoms with Gasteiger partial charge in [-0.3, -0.25) is 4.98 Å². The molecule has 7 nitrogen and oxygen atoms in total. The summed E-state index contributed by atoms with van der Waals surface area (Å²) in [6, 6.07) is 3.62. The monoisotopic (exact) mass is 371 g/mol. The van der Waals surface area contributed by atoms with Crippen molar-refractivity contribution in [3.63, 3.8) is 0 Å². The first-order valence-corrected chi connectivity index (χ1v) is 9.10. The van der Waals surface area contributed by atoms with E-state index in [2.05, 4.69) is 15.3 Å². The molecule has 0 spiro atoms. The van der Waals surface area contributed by atoms with E-state index in [1.807, 2.05) is 26.0 Å². The Morgan fingerprint density at radius 1 is 1.38 bits per heavy atom. The zero-order chi connectivity index (χ0) is 16.4. The number of sulfonamides is 1. The Morgan fingerprint density at radius 2 is 2.17 bits per heavy atom. The molecule has 0 radical (unpaired) electrons. The minimum Gasteiger partial charge on any atom is -0.334 e. The molecule has 0 aliphatic carbocycles. The van der Waals surface area contributed by atoms with Gasteiger partial charge in [-0.15, -0.1) is 12.4 Å². The molecule has 3 rings (SSSR count). The van der Waals surface area contributed by atoms with Gasteiger partial charge in [-0.1, -0.05) is 6.07 Å². The Labute approximate surface area is 148 Å². The van der Waals surface area contributed by atoms with E-state index in [0.717, 1.165) is 5.56 Å². The van der Waals surface area contributed by atoms with E-state index < -0.39 is 10.0 Å². The van der Waals surface area contributed by atoms with Gasteiger partial charge in [0.15, 0.2) is 5.03 Å². The Hall–Kier alpha value is -1.48. The first kappa shape index (κ1) is 18.9. The molecule has 2 aromatic rings. The normalized spacial score (nSPS) is 19.2. The van der Waals surface area contributed by atoms with Crippen molar-refractivity contribution in [2.45, 2.75) is 31.0 Å². The van der Waals surface area contributed by atoms with Crippen molar-refractivity contribution in [2.75, 3.05) is 19.6 Å². The summed E-state index contributed by atoms with van der Waals surface area (Å²) in [5, 5.41) is 3.35. The van der Waals surface area contributed by atoms with Crippen molar-refractivity contribution in [3.8, 4) is 0 Å². The van der Waals surface area contributed by atoms with Crippen LogP contribution in [0.1, 0.15) is 31.5 Å². The number of hydrogen-bond acceptors (Lipinski definition) is 5. The van der Waals surface area contributed by atoms with Gasteiger partial charge in [0, 0.05) is 44.3 Å². The van der Waals surface area contributed by atoms with Gasteiger partial charge in [-0.2, -0.15) is 4.31 Å². The van der Waals surface area contributed by atoms with Gasteiger partial charge in [-0.05, 0) is 25.5 Å². The third-order valence-electron chi connectivity index (χ3n) is 4.01. The zero-order valence-corrected chi connectivity index (χ0v) is 15.3. The molecule has 1 atom stereocenters. The van der Waals surface area contributed by atoms with Gasteiger partial charge in [0.25, 0.3) is 10.0 Å². The van der Waals surface area contributed by atoms with Crippen LogP contribution in [0.25, 0.3) is 0 Å². The van der Waals surface area contributed by atoms with Crippen LogP contribution in [0.2, 0.25) is 0 Å². The predicted molar refractivity (Wildman–Crippen MR) is 93.6 cm³/mol. The van der Waals surface area contributed by atoms with Gasteiger partial charge >= 0.3 is 0 Å². The Balaban J connectivity index is 0.00000208. The maximum Gasteiger partial charge on any atom is 0.262 e. The third-order valence-corrected chi connectivity index (χ3v) is 5.80. The summed E-state index contributed by atoms with van der Waals surface area (Å²) in [7, 11) is -3.64. The van der Waals surface area contributed by atoms with Crippen LogP contribution < -0.4 is 5.32 Å². The van der Waals surface area contributed by atoms with Crippen molar-refractivity contribution in [3.05, 3.63) is 42.6 Å². The van der Waals surface area contributed by atoms with Gasteiger partial charge < -0.3 is 9.88 Å². The van der Waals surface area contributed by atoms with Crippen LogP contribution in [0.4, 0.5) is 0 Å². The molecule has 3 heterocycles. The molecular formula is C15H22ClN5O2S. The molecule has 1 aliphatic heterocycles. The second kappa shape index (κ2) is 7.60.